The number of rotatable bonds is 1. The van der Waals surface area contributed by atoms with Gasteiger partial charge in [0.05, 0.1) is 12.6 Å². The zero-order valence-corrected chi connectivity index (χ0v) is 10.3. The summed E-state index contributed by atoms with van der Waals surface area (Å²) in [5.74, 6) is 0.871. The average Bonchev–Trinajstić information content (AvgIpc) is 2.49. The summed E-state index contributed by atoms with van der Waals surface area (Å²) in [4.78, 5) is 4.20. The Kier molecular flexibility index (Phi) is 4.31. The largest absolute Gasteiger partial charge is 0.497 e. The van der Waals surface area contributed by atoms with Gasteiger partial charge in [-0.25, -0.2) is 0 Å². The molecule has 0 radical (unpaired) electrons. The number of benzene rings is 2. The van der Waals surface area contributed by atoms with Crippen LogP contribution >= 0.6 is 0 Å². The smallest absolute Gasteiger partial charge is 0.119 e. The van der Waals surface area contributed by atoms with E-state index in [0.29, 0.717) is 0 Å². The Hall–Kier alpha value is -2.35. The van der Waals surface area contributed by atoms with Gasteiger partial charge < -0.3 is 4.74 Å². The van der Waals surface area contributed by atoms with E-state index in [1.165, 1.54) is 0 Å². The first-order valence-electron chi connectivity index (χ1n) is 5.79. The molecule has 0 aliphatic rings. The summed E-state index contributed by atoms with van der Waals surface area (Å²) in [5, 5.41) is 1.11. The standard InChI is InChI=1S/C10H9NO.C6H6/c1-12-9-4-5-10-8(7-9)3-2-6-11-10;1-2-4-6-5-3-1/h2-7H,1H3;1-6H. The minimum atomic E-state index is 0.871. The maximum atomic E-state index is 5.09. The Morgan fingerprint density at radius 3 is 2.11 bits per heavy atom. The van der Waals surface area contributed by atoms with Crippen LogP contribution in [0.1, 0.15) is 0 Å². The zero-order chi connectivity index (χ0) is 12.6. The molecule has 90 valence electrons. The first kappa shape index (κ1) is 12.1. The lowest BCUT2D eigenvalue weighted by Gasteiger charge is -2.00. The van der Waals surface area contributed by atoms with Crippen molar-refractivity contribution in [3.8, 4) is 5.75 Å². The predicted octanol–water partition coefficient (Wildman–Crippen LogP) is 3.93. The maximum absolute atomic E-state index is 5.09. The third-order valence-electron chi connectivity index (χ3n) is 2.48. The van der Waals surface area contributed by atoms with Crippen LogP contribution in [0.5, 0.6) is 5.75 Å². The first-order valence-corrected chi connectivity index (χ1v) is 5.79. The molecule has 0 saturated carbocycles. The molecule has 1 heterocycles. The van der Waals surface area contributed by atoms with Gasteiger partial charge in [0, 0.05) is 11.6 Å². The zero-order valence-electron chi connectivity index (χ0n) is 10.3. The number of hydrogen-bond acceptors (Lipinski definition) is 2. The number of hydrogen-bond donors (Lipinski definition) is 0. The molecule has 0 spiro atoms. The van der Waals surface area contributed by atoms with Gasteiger partial charge in [0.25, 0.3) is 0 Å². The molecule has 2 nitrogen and oxygen atoms in total. The van der Waals surface area contributed by atoms with Gasteiger partial charge in [-0.15, -0.1) is 0 Å². The molecule has 0 fully saturated rings. The van der Waals surface area contributed by atoms with Crippen LogP contribution in [0.3, 0.4) is 0 Å². The van der Waals surface area contributed by atoms with Crippen LogP contribution in [0.15, 0.2) is 72.9 Å². The molecule has 3 aromatic rings. The monoisotopic (exact) mass is 237 g/mol. The van der Waals surface area contributed by atoms with Crippen LogP contribution in [-0.4, -0.2) is 12.1 Å². The third kappa shape index (κ3) is 3.32. The predicted molar refractivity (Wildman–Crippen MR) is 74.7 cm³/mol. The SMILES string of the molecule is COc1ccc2ncccc2c1.c1ccccc1. The quantitative estimate of drug-likeness (QED) is 0.639. The molecule has 0 bridgehead atoms. The van der Waals surface area contributed by atoms with Crippen molar-refractivity contribution >= 4 is 10.9 Å². The Morgan fingerprint density at radius 1 is 0.833 bits per heavy atom. The number of fused-ring (bicyclic) bond motifs is 1. The highest BCUT2D eigenvalue weighted by Crippen LogP contribution is 2.17. The van der Waals surface area contributed by atoms with Gasteiger partial charge in [0.15, 0.2) is 0 Å². The van der Waals surface area contributed by atoms with E-state index in [-0.39, 0.29) is 0 Å². The summed E-state index contributed by atoms with van der Waals surface area (Å²) < 4.78 is 5.09. The highest BCUT2D eigenvalue weighted by atomic mass is 16.5. The Bertz CT molecular complexity index is 566. The first-order chi connectivity index (χ1) is 8.90. The van der Waals surface area contributed by atoms with Crippen molar-refractivity contribution in [2.75, 3.05) is 7.11 Å². The summed E-state index contributed by atoms with van der Waals surface area (Å²) in [5.41, 5.74) is 0.998. The second kappa shape index (κ2) is 6.40. The van der Waals surface area contributed by atoms with E-state index in [1.54, 1.807) is 13.3 Å². The fourth-order valence-electron chi connectivity index (χ4n) is 1.57. The van der Waals surface area contributed by atoms with E-state index in [4.69, 9.17) is 4.74 Å². The molecule has 0 atom stereocenters. The van der Waals surface area contributed by atoms with Gasteiger partial charge in [0.1, 0.15) is 5.75 Å². The topological polar surface area (TPSA) is 22.1 Å². The van der Waals surface area contributed by atoms with Gasteiger partial charge in [0.2, 0.25) is 0 Å². The van der Waals surface area contributed by atoms with Gasteiger partial charge in [-0.2, -0.15) is 0 Å². The molecule has 0 aliphatic carbocycles. The normalized spacial score (nSPS) is 9.39. The van der Waals surface area contributed by atoms with Crippen LogP contribution in [0.2, 0.25) is 0 Å². The molecule has 2 heteroatoms. The summed E-state index contributed by atoms with van der Waals surface area (Å²) in [6, 6.07) is 21.8. The van der Waals surface area contributed by atoms with E-state index in [2.05, 4.69) is 4.98 Å². The number of nitrogens with zero attached hydrogens (tertiary/aromatic N) is 1. The van der Waals surface area contributed by atoms with Crippen molar-refractivity contribution in [2.45, 2.75) is 0 Å². The van der Waals surface area contributed by atoms with Crippen LogP contribution in [0, 0.1) is 0 Å². The van der Waals surface area contributed by atoms with Gasteiger partial charge in [-0.3, -0.25) is 4.98 Å². The van der Waals surface area contributed by atoms with E-state index in [1.807, 2.05) is 66.7 Å². The fourth-order valence-corrected chi connectivity index (χ4v) is 1.57. The second-order valence-corrected chi connectivity index (χ2v) is 3.72. The number of ether oxygens (including phenoxy) is 1. The number of methoxy groups -OCH3 is 1. The fraction of sp³-hybridized carbons (Fsp3) is 0.0625. The maximum Gasteiger partial charge on any atom is 0.119 e. The van der Waals surface area contributed by atoms with Gasteiger partial charge >= 0.3 is 0 Å². The van der Waals surface area contributed by atoms with Crippen molar-refractivity contribution in [3.05, 3.63) is 72.9 Å². The number of pyridine rings is 1. The highest BCUT2D eigenvalue weighted by Gasteiger charge is 1.94. The average molecular weight is 237 g/mol. The van der Waals surface area contributed by atoms with Crippen LogP contribution in [0.25, 0.3) is 10.9 Å². The highest BCUT2D eigenvalue weighted by molar-refractivity contribution is 5.79. The second-order valence-electron chi connectivity index (χ2n) is 3.72. The molecule has 0 saturated heterocycles. The van der Waals surface area contributed by atoms with E-state index in [9.17, 15) is 0 Å². The summed E-state index contributed by atoms with van der Waals surface area (Å²) in [6.07, 6.45) is 1.79. The summed E-state index contributed by atoms with van der Waals surface area (Å²) in [6.45, 7) is 0. The molecule has 3 rings (SSSR count). The van der Waals surface area contributed by atoms with Gasteiger partial charge in [-0.05, 0) is 24.3 Å². The Morgan fingerprint density at radius 2 is 1.50 bits per heavy atom. The molecule has 18 heavy (non-hydrogen) atoms. The van der Waals surface area contributed by atoms with Gasteiger partial charge in [-0.1, -0.05) is 42.5 Å². The minimum absolute atomic E-state index is 0.871. The molecule has 0 N–H and O–H groups in total. The third-order valence-corrected chi connectivity index (χ3v) is 2.48. The molecule has 0 aliphatic heterocycles. The molecule has 2 aromatic carbocycles. The molecule has 1 aromatic heterocycles. The Labute approximate surface area is 107 Å². The van der Waals surface area contributed by atoms with E-state index >= 15 is 0 Å². The van der Waals surface area contributed by atoms with Crippen molar-refractivity contribution in [1.29, 1.82) is 0 Å². The van der Waals surface area contributed by atoms with Crippen molar-refractivity contribution < 1.29 is 4.74 Å². The van der Waals surface area contributed by atoms with Crippen LogP contribution < -0.4 is 4.74 Å². The summed E-state index contributed by atoms with van der Waals surface area (Å²) in [7, 11) is 1.66. The lowest BCUT2D eigenvalue weighted by atomic mass is 10.2. The van der Waals surface area contributed by atoms with E-state index in [0.717, 1.165) is 16.7 Å². The summed E-state index contributed by atoms with van der Waals surface area (Å²) >= 11 is 0. The van der Waals surface area contributed by atoms with Crippen molar-refractivity contribution in [1.82, 2.24) is 4.98 Å². The van der Waals surface area contributed by atoms with E-state index < -0.39 is 0 Å². The molecule has 0 amide bonds. The van der Waals surface area contributed by atoms with Crippen molar-refractivity contribution in [3.63, 3.8) is 0 Å². The Balaban J connectivity index is 0.000000169. The number of aromatic nitrogens is 1. The minimum Gasteiger partial charge on any atom is -0.497 e. The van der Waals surface area contributed by atoms with Crippen LogP contribution in [-0.2, 0) is 0 Å². The van der Waals surface area contributed by atoms with Crippen LogP contribution in [0.4, 0.5) is 0 Å². The lowest BCUT2D eigenvalue weighted by Crippen LogP contribution is -1.82. The molecular formula is C16H15NO. The van der Waals surface area contributed by atoms with Crippen molar-refractivity contribution in [2.24, 2.45) is 0 Å². The molecule has 0 unspecified atom stereocenters. The molecular weight excluding hydrogens is 222 g/mol. The lowest BCUT2D eigenvalue weighted by molar-refractivity contribution is 0.415.